The van der Waals surface area contributed by atoms with E-state index in [1.807, 2.05) is 6.92 Å². The Morgan fingerprint density at radius 1 is 1.24 bits per heavy atom. The Balaban J connectivity index is 1.63. The fourth-order valence-electron chi connectivity index (χ4n) is 8.12. The van der Waals surface area contributed by atoms with Crippen molar-refractivity contribution in [2.45, 2.75) is 70.5 Å². The number of aliphatic hydroxyl groups is 1. The molecule has 0 unspecified atom stereocenters. The highest BCUT2D eigenvalue weighted by molar-refractivity contribution is 8.13. The number of aryl methyl sites for hydroxylation is 1. The van der Waals surface area contributed by atoms with E-state index in [9.17, 15) is 23.9 Å². The summed E-state index contributed by atoms with van der Waals surface area (Å²) in [5.74, 6) is -3.52. The number of fused-ring (bicyclic) bond motifs is 5. The third-order valence-corrected chi connectivity index (χ3v) is 11.5. The van der Waals surface area contributed by atoms with Crippen LogP contribution in [0.3, 0.4) is 0 Å². The van der Waals surface area contributed by atoms with Crippen molar-refractivity contribution in [2.24, 2.45) is 28.6 Å². The fraction of sp³-hybridized carbons (Fsp3) is 0.607. The van der Waals surface area contributed by atoms with Crippen LogP contribution in [0.2, 0.25) is 0 Å². The van der Waals surface area contributed by atoms with Gasteiger partial charge >= 0.3 is 5.97 Å². The maximum absolute atomic E-state index is 17.4. The number of thioether (sulfide) groups is 1. The summed E-state index contributed by atoms with van der Waals surface area (Å²) in [7, 11) is 0. The van der Waals surface area contributed by atoms with Crippen LogP contribution in [0.1, 0.15) is 54.6 Å². The molecule has 5 rings (SSSR count). The van der Waals surface area contributed by atoms with E-state index >= 15 is 8.78 Å². The van der Waals surface area contributed by atoms with Gasteiger partial charge in [-0.15, -0.1) is 11.3 Å². The minimum absolute atomic E-state index is 0.00673. The number of rotatable bonds is 4. The number of alkyl halides is 3. The zero-order valence-corrected chi connectivity index (χ0v) is 23.3. The molecule has 1 aromatic rings. The summed E-state index contributed by atoms with van der Waals surface area (Å²) in [6.07, 6.45) is 0.0558. The molecular weight excluding hydrogens is 537 g/mol. The number of ether oxygens (including phenoxy) is 1. The van der Waals surface area contributed by atoms with Crippen molar-refractivity contribution in [3.05, 3.63) is 45.7 Å². The van der Waals surface area contributed by atoms with Crippen LogP contribution in [-0.2, 0) is 14.3 Å². The van der Waals surface area contributed by atoms with Gasteiger partial charge in [0, 0.05) is 27.5 Å². The summed E-state index contributed by atoms with van der Waals surface area (Å²) >= 11 is 1.58. The topological polar surface area (TPSA) is 80.7 Å². The second kappa shape index (κ2) is 9.06. The number of ketones is 1. The standard InChI is InChI=1S/C28H31F3O5S2/c1-14-9-17-18-11-20(30)19-10-16(32)7-8-25(19,3)27(18,31)22(33)12-26(17,4)28(14,24(35)37-13-29)36-23(34)21-6-5-15(2)38-21/h5-8,10,14,17-18,20,22,33H,9,11-13H2,1-4H3/t14-,17+,18+,20+,22+,25+,26+,27+,28+/m1/s1. The second-order valence-electron chi connectivity index (χ2n) is 11.6. The number of halogens is 3. The summed E-state index contributed by atoms with van der Waals surface area (Å²) in [5.41, 5.74) is -7.04. The van der Waals surface area contributed by atoms with E-state index in [-0.39, 0.29) is 29.7 Å². The van der Waals surface area contributed by atoms with Crippen LogP contribution in [0.4, 0.5) is 13.2 Å². The summed E-state index contributed by atoms with van der Waals surface area (Å²) in [6.45, 7) is 6.71. The maximum atomic E-state index is 17.4. The molecule has 0 aliphatic heterocycles. The van der Waals surface area contributed by atoms with Gasteiger partial charge < -0.3 is 9.84 Å². The quantitative estimate of drug-likeness (QED) is 0.469. The highest BCUT2D eigenvalue weighted by atomic mass is 32.2. The molecular formula is C28H31F3O5S2. The number of hydrogen-bond donors (Lipinski definition) is 1. The molecule has 3 fully saturated rings. The van der Waals surface area contributed by atoms with Gasteiger partial charge in [0.05, 0.1) is 6.10 Å². The first-order valence-electron chi connectivity index (χ1n) is 12.8. The first-order valence-corrected chi connectivity index (χ1v) is 14.6. The summed E-state index contributed by atoms with van der Waals surface area (Å²) < 4.78 is 52.7. The molecule has 206 valence electrons. The molecule has 3 saturated carbocycles. The molecule has 0 spiro atoms. The van der Waals surface area contributed by atoms with Crippen LogP contribution < -0.4 is 0 Å². The SMILES string of the molecule is Cc1ccc(C(=O)O[C@]2(C(=O)SCF)[C@H](C)C[C@H]3[C@@H]4C[C@H](F)C5=CC(=O)C=C[C@]5(C)[C@@]4(F)[C@@H](O)C[C@@]32C)s1. The van der Waals surface area contributed by atoms with Crippen LogP contribution in [0.15, 0.2) is 35.9 Å². The molecule has 4 aliphatic rings. The number of allylic oxidation sites excluding steroid dienone is 4. The average Bonchev–Trinajstić information content (AvgIpc) is 3.38. The zero-order valence-electron chi connectivity index (χ0n) is 21.6. The molecule has 1 N–H and O–H groups in total. The normalized spacial score (nSPS) is 43.6. The highest BCUT2D eigenvalue weighted by Crippen LogP contribution is 2.72. The molecule has 4 aliphatic carbocycles. The summed E-state index contributed by atoms with van der Waals surface area (Å²) in [6, 6.07) is 2.29. The molecule has 10 heteroatoms. The number of thiophene rings is 1. The molecule has 0 aromatic carbocycles. The average molecular weight is 569 g/mol. The van der Waals surface area contributed by atoms with Crippen molar-refractivity contribution >= 4 is 40.0 Å². The molecule has 5 nitrogen and oxygen atoms in total. The highest BCUT2D eigenvalue weighted by Gasteiger charge is 2.78. The first kappa shape index (κ1) is 27.6. The van der Waals surface area contributed by atoms with Crippen molar-refractivity contribution in [2.75, 3.05) is 6.01 Å². The molecule has 38 heavy (non-hydrogen) atoms. The van der Waals surface area contributed by atoms with E-state index in [1.165, 1.54) is 30.4 Å². The minimum atomic E-state index is -2.33. The van der Waals surface area contributed by atoms with E-state index in [0.29, 0.717) is 11.8 Å². The monoisotopic (exact) mass is 568 g/mol. The number of carbonyl (C=O) groups is 3. The van der Waals surface area contributed by atoms with Gasteiger partial charge in [0.1, 0.15) is 17.1 Å². The lowest BCUT2D eigenvalue weighted by Gasteiger charge is -2.63. The van der Waals surface area contributed by atoms with E-state index in [0.717, 1.165) is 11.0 Å². The van der Waals surface area contributed by atoms with Gasteiger partial charge in [-0.1, -0.05) is 19.9 Å². The summed E-state index contributed by atoms with van der Waals surface area (Å²) in [4.78, 5) is 40.2. The van der Waals surface area contributed by atoms with Crippen LogP contribution in [-0.4, -0.2) is 51.5 Å². The van der Waals surface area contributed by atoms with E-state index < -0.39 is 75.0 Å². The van der Waals surface area contributed by atoms with Crippen LogP contribution in [0.5, 0.6) is 0 Å². The van der Waals surface area contributed by atoms with Crippen molar-refractivity contribution in [1.82, 2.24) is 0 Å². The second-order valence-corrected chi connectivity index (χ2v) is 13.7. The van der Waals surface area contributed by atoms with Crippen LogP contribution in [0, 0.1) is 35.5 Å². The molecule has 0 amide bonds. The molecule has 1 heterocycles. The van der Waals surface area contributed by atoms with Gasteiger partial charge in [0.25, 0.3) is 0 Å². The Bertz CT molecular complexity index is 1260. The molecule has 0 radical (unpaired) electrons. The lowest BCUT2D eigenvalue weighted by atomic mass is 9.44. The van der Waals surface area contributed by atoms with E-state index in [4.69, 9.17) is 4.74 Å². The van der Waals surface area contributed by atoms with Gasteiger partial charge in [0.2, 0.25) is 5.12 Å². The molecule has 1 aromatic heterocycles. The maximum Gasteiger partial charge on any atom is 0.349 e. The predicted octanol–water partition coefficient (Wildman–Crippen LogP) is 5.70. The van der Waals surface area contributed by atoms with E-state index in [1.54, 1.807) is 26.0 Å². The zero-order chi connectivity index (χ0) is 27.8. The fourth-order valence-corrected chi connectivity index (χ4v) is 9.65. The van der Waals surface area contributed by atoms with Crippen molar-refractivity contribution in [3.8, 4) is 0 Å². The number of aliphatic hydroxyl groups excluding tert-OH is 1. The van der Waals surface area contributed by atoms with Gasteiger partial charge in [-0.25, -0.2) is 18.0 Å². The number of esters is 1. The van der Waals surface area contributed by atoms with Crippen LogP contribution in [0.25, 0.3) is 0 Å². The van der Waals surface area contributed by atoms with Gasteiger partial charge in [-0.2, -0.15) is 0 Å². The van der Waals surface area contributed by atoms with Crippen molar-refractivity contribution in [1.29, 1.82) is 0 Å². The van der Waals surface area contributed by atoms with Crippen molar-refractivity contribution in [3.63, 3.8) is 0 Å². The lowest BCUT2D eigenvalue weighted by molar-refractivity contribution is -0.221. The van der Waals surface area contributed by atoms with Gasteiger partial charge in [0.15, 0.2) is 17.1 Å². The van der Waals surface area contributed by atoms with Gasteiger partial charge in [-0.05, 0) is 80.6 Å². The largest absolute Gasteiger partial charge is 0.445 e. The smallest absolute Gasteiger partial charge is 0.349 e. The van der Waals surface area contributed by atoms with Gasteiger partial charge in [-0.3, -0.25) is 9.59 Å². The first-order chi connectivity index (χ1) is 17.8. The number of carbonyl (C=O) groups excluding carboxylic acids is 3. The Hall–Kier alpha value is -1.91. The molecule has 9 atom stereocenters. The van der Waals surface area contributed by atoms with Crippen molar-refractivity contribution < 1.29 is 37.4 Å². The number of hydrogen-bond acceptors (Lipinski definition) is 7. The Labute approximate surface area is 227 Å². The molecule has 0 bridgehead atoms. The Morgan fingerprint density at radius 3 is 2.58 bits per heavy atom. The Kier molecular flexibility index (Phi) is 6.59. The predicted molar refractivity (Wildman–Crippen MR) is 139 cm³/mol. The minimum Gasteiger partial charge on any atom is -0.445 e. The van der Waals surface area contributed by atoms with Crippen LogP contribution >= 0.6 is 23.1 Å². The van der Waals surface area contributed by atoms with E-state index in [2.05, 4.69) is 0 Å². The molecule has 0 saturated heterocycles. The summed E-state index contributed by atoms with van der Waals surface area (Å²) in [5, 5.41) is 10.8. The third kappa shape index (κ3) is 3.45. The Morgan fingerprint density at radius 2 is 1.95 bits per heavy atom. The third-order valence-electron chi connectivity index (χ3n) is 9.85. The lowest BCUT2D eigenvalue weighted by Crippen LogP contribution is -2.70.